The molecule has 485 valence electrons. The first-order chi connectivity index (χ1) is 42.7. The molecule has 0 saturated heterocycles. The van der Waals surface area contributed by atoms with Gasteiger partial charge >= 0.3 is 0 Å². The molecule has 0 amide bonds. The van der Waals surface area contributed by atoms with Crippen molar-refractivity contribution in [2.24, 2.45) is 7.05 Å². The third-order valence-corrected chi connectivity index (χ3v) is 16.6. The standard InChI is InChI=1S/C38H42N3.C23H27N2.C21H23N2.3Ir/c1-9-11-35-39-36(41(8)40-35)29-13-10-12-28(22-29)32-24-30(26-14-18-33(19-15-26)37(2,3)4)23-31(25-32)27-16-20-34(21-17-27)38(5,6)7;1-4-5-6-8-11-20-16-18(2)22(19(3)17-20)25-15-14-24-23(25)21-12-9-7-10-13-21;1-15(2)18-11-8-12-19(16(3)4)20(18)23-14-13-22-21(23)17-9-6-5-7-10-17;;;/h10,12,14-25H,9,11H2,1-8H3;7,9-10,12,14-17H,4-6,8,11H2,1-3H3;5-9,11-16H,1-4H3;;;/q3*-1;;;. The Labute approximate surface area is 591 Å². The van der Waals surface area contributed by atoms with Crippen LogP contribution < -0.4 is 0 Å². The number of hydrogen-bond donors (Lipinski definition) is 0. The van der Waals surface area contributed by atoms with Gasteiger partial charge in [-0.05, 0) is 141 Å². The van der Waals surface area contributed by atoms with Crippen molar-refractivity contribution in [3.05, 3.63) is 252 Å². The molecule has 10 heteroatoms. The number of aromatic nitrogens is 7. The summed E-state index contributed by atoms with van der Waals surface area (Å²) in [6.45, 7) is 31.3. The Balaban J connectivity index is 0.000000228. The van der Waals surface area contributed by atoms with Gasteiger partial charge in [-0.3, -0.25) is 19.6 Å². The summed E-state index contributed by atoms with van der Waals surface area (Å²) in [6, 6.07) is 68.6. The van der Waals surface area contributed by atoms with E-state index in [1.807, 2.05) is 72.8 Å². The molecule has 7 nitrogen and oxygen atoms in total. The Kier molecular flexibility index (Phi) is 27.4. The van der Waals surface area contributed by atoms with Crippen molar-refractivity contribution < 1.29 is 60.3 Å². The van der Waals surface area contributed by atoms with Gasteiger partial charge in [0.25, 0.3) is 0 Å². The van der Waals surface area contributed by atoms with Crippen LogP contribution in [0, 0.1) is 32.0 Å². The van der Waals surface area contributed by atoms with Crippen LogP contribution in [0.3, 0.4) is 0 Å². The molecule has 0 N–H and O–H groups in total. The van der Waals surface area contributed by atoms with E-state index in [0.29, 0.717) is 11.8 Å². The van der Waals surface area contributed by atoms with E-state index >= 15 is 0 Å². The van der Waals surface area contributed by atoms with E-state index < -0.39 is 0 Å². The average Bonchev–Trinajstić information content (AvgIpc) is 1.38. The molecule has 11 rings (SSSR count). The fourth-order valence-electron chi connectivity index (χ4n) is 11.8. The third-order valence-electron chi connectivity index (χ3n) is 16.6. The molecule has 0 saturated carbocycles. The van der Waals surface area contributed by atoms with Gasteiger partial charge in [-0.2, -0.15) is 5.10 Å². The summed E-state index contributed by atoms with van der Waals surface area (Å²) in [7, 11) is 1.96. The number of unbranched alkanes of at least 4 members (excludes halogenated alkanes) is 3. The van der Waals surface area contributed by atoms with Crippen LogP contribution in [0.5, 0.6) is 0 Å². The molecule has 0 aliphatic carbocycles. The molecule has 0 spiro atoms. The second-order valence-electron chi connectivity index (χ2n) is 26.4. The first-order valence-electron chi connectivity index (χ1n) is 32.3. The summed E-state index contributed by atoms with van der Waals surface area (Å²) >= 11 is 0. The molecule has 92 heavy (non-hydrogen) atoms. The summed E-state index contributed by atoms with van der Waals surface area (Å²) < 4.78 is 6.28. The summed E-state index contributed by atoms with van der Waals surface area (Å²) in [5.41, 5.74) is 22.3. The van der Waals surface area contributed by atoms with Crippen LogP contribution in [0.4, 0.5) is 0 Å². The molecule has 0 aliphatic rings. The molecule has 3 radical (unpaired) electrons. The summed E-state index contributed by atoms with van der Waals surface area (Å²) in [5.74, 6) is 4.54. The fraction of sp³-hybridized carbons (Fsp3) is 0.317. The van der Waals surface area contributed by atoms with Gasteiger partial charge in [-0.25, -0.2) is 0 Å². The topological polar surface area (TPSA) is 66.3 Å². The van der Waals surface area contributed by atoms with Crippen molar-refractivity contribution >= 4 is 0 Å². The SMILES string of the molecule is CC(C)c1cccc(C(C)C)c1-n1ccnc1-c1[c-]cccc1.CCCCCCc1cc(C)c(-n2ccnc2-c2[c-]cccc2)c(C)c1.CCCc1nc(-c2[c-]ccc(-c3cc(-c4ccc(C(C)(C)C)cc4)cc(-c4ccc(C(C)(C)C)cc4)c3)c2)n(C)n1.[Ir].[Ir].[Ir]. The molecule has 0 bridgehead atoms. The van der Waals surface area contributed by atoms with E-state index in [9.17, 15) is 0 Å². The summed E-state index contributed by atoms with van der Waals surface area (Å²) in [5, 5.41) is 4.62. The maximum atomic E-state index is 4.81. The number of rotatable bonds is 17. The average molecular weight is 1750 g/mol. The first-order valence-corrected chi connectivity index (χ1v) is 32.3. The molecule has 8 aromatic carbocycles. The Hall–Kier alpha value is -6.73. The Morgan fingerprint density at radius 1 is 0.446 bits per heavy atom. The van der Waals surface area contributed by atoms with Crippen molar-refractivity contribution in [3.8, 4) is 78.9 Å². The van der Waals surface area contributed by atoms with Crippen LogP contribution >= 0.6 is 0 Å². The number of para-hydroxylation sites is 1. The molecule has 0 unspecified atom stereocenters. The van der Waals surface area contributed by atoms with Gasteiger partial charge in [0.1, 0.15) is 5.82 Å². The third kappa shape index (κ3) is 18.6. The molecule has 0 fully saturated rings. The fourth-order valence-corrected chi connectivity index (χ4v) is 11.8. The molecule has 0 aliphatic heterocycles. The Morgan fingerprint density at radius 3 is 1.37 bits per heavy atom. The van der Waals surface area contributed by atoms with Crippen molar-refractivity contribution in [3.63, 3.8) is 0 Å². The monoisotopic (exact) mass is 1750 g/mol. The largest absolute Gasteiger partial charge is 0.340 e. The molecule has 3 aromatic heterocycles. The number of aryl methyl sites for hydroxylation is 5. The van der Waals surface area contributed by atoms with Crippen LogP contribution in [0.15, 0.2) is 189 Å². The van der Waals surface area contributed by atoms with Gasteiger partial charge in [0, 0.05) is 110 Å². The second-order valence-corrected chi connectivity index (χ2v) is 26.4. The number of hydrogen-bond acceptors (Lipinski definition) is 4. The zero-order valence-corrected chi connectivity index (χ0v) is 63.8. The van der Waals surface area contributed by atoms with Crippen molar-refractivity contribution in [2.45, 2.75) is 165 Å². The van der Waals surface area contributed by atoms with E-state index in [4.69, 9.17) is 4.98 Å². The second kappa shape index (κ2) is 33.9. The van der Waals surface area contributed by atoms with E-state index in [1.165, 1.54) is 110 Å². The predicted molar refractivity (Wildman–Crippen MR) is 374 cm³/mol. The molecular weight excluding hydrogens is 1660 g/mol. The number of nitrogens with zero attached hydrogens (tertiary/aromatic N) is 7. The van der Waals surface area contributed by atoms with Gasteiger partial charge in [-0.15, -0.1) is 107 Å². The Morgan fingerprint density at radius 2 is 0.924 bits per heavy atom. The maximum absolute atomic E-state index is 4.81. The van der Waals surface area contributed by atoms with Crippen molar-refractivity contribution in [2.75, 3.05) is 0 Å². The van der Waals surface area contributed by atoms with Gasteiger partial charge in [0.15, 0.2) is 0 Å². The minimum absolute atomic E-state index is 0. The van der Waals surface area contributed by atoms with Crippen LogP contribution in [-0.2, 0) is 91.0 Å². The van der Waals surface area contributed by atoms with Gasteiger partial charge in [-0.1, -0.05) is 181 Å². The zero-order valence-electron chi connectivity index (χ0n) is 56.6. The quantitative estimate of drug-likeness (QED) is 0.0673. The van der Waals surface area contributed by atoms with Crippen molar-refractivity contribution in [1.82, 2.24) is 33.9 Å². The normalized spacial score (nSPS) is 11.2. The molecule has 3 heterocycles. The van der Waals surface area contributed by atoms with Gasteiger partial charge in [0.05, 0.1) is 17.5 Å². The van der Waals surface area contributed by atoms with E-state index in [2.05, 4.69) is 267 Å². The zero-order chi connectivity index (χ0) is 63.4. The van der Waals surface area contributed by atoms with Gasteiger partial charge in [0.2, 0.25) is 0 Å². The minimum atomic E-state index is 0. The van der Waals surface area contributed by atoms with Crippen LogP contribution in [-0.4, -0.2) is 33.9 Å². The van der Waals surface area contributed by atoms with Crippen LogP contribution in [0.1, 0.15) is 172 Å². The summed E-state index contributed by atoms with van der Waals surface area (Å²) in [4.78, 5) is 14.0. The smallest absolute Gasteiger partial charge is 0.140 e. The minimum Gasteiger partial charge on any atom is -0.340 e. The Bertz CT molecular complexity index is 3940. The van der Waals surface area contributed by atoms with E-state index in [-0.39, 0.29) is 71.1 Å². The maximum Gasteiger partial charge on any atom is 0.140 e. The van der Waals surface area contributed by atoms with Gasteiger partial charge < -0.3 is 9.13 Å². The molecular formula is C82H92Ir3N7-3. The first kappa shape index (κ1) is 74.3. The number of benzene rings is 8. The predicted octanol–water partition coefficient (Wildman–Crippen LogP) is 21.5. The van der Waals surface area contributed by atoms with Crippen LogP contribution in [0.2, 0.25) is 0 Å². The van der Waals surface area contributed by atoms with E-state index in [1.54, 1.807) is 0 Å². The molecule has 0 atom stereocenters. The number of imidazole rings is 2. The molecule has 11 aromatic rings. The summed E-state index contributed by atoms with van der Waals surface area (Å²) in [6.07, 6.45) is 16.1. The van der Waals surface area contributed by atoms with E-state index in [0.717, 1.165) is 58.4 Å². The van der Waals surface area contributed by atoms with Crippen molar-refractivity contribution in [1.29, 1.82) is 0 Å². The van der Waals surface area contributed by atoms with Crippen LogP contribution in [0.25, 0.3) is 78.9 Å².